The fraction of sp³-hybridized carbons (Fsp3) is 0.381. The highest BCUT2D eigenvalue weighted by Gasteiger charge is 2.26. The van der Waals surface area contributed by atoms with Crippen molar-refractivity contribution in [2.45, 2.75) is 32.4 Å². The highest BCUT2D eigenvalue weighted by atomic mass is 16.5. The second-order valence-corrected chi connectivity index (χ2v) is 6.72. The van der Waals surface area contributed by atoms with Crippen molar-refractivity contribution in [3.63, 3.8) is 0 Å². The van der Waals surface area contributed by atoms with Crippen molar-refractivity contribution in [1.82, 2.24) is 5.32 Å². The van der Waals surface area contributed by atoms with Gasteiger partial charge in [0, 0.05) is 24.5 Å². The summed E-state index contributed by atoms with van der Waals surface area (Å²) in [6.45, 7) is 3.21. The van der Waals surface area contributed by atoms with Crippen molar-refractivity contribution in [1.29, 1.82) is 0 Å². The van der Waals surface area contributed by atoms with Gasteiger partial charge in [0.25, 0.3) is 0 Å². The summed E-state index contributed by atoms with van der Waals surface area (Å²) in [6.07, 6.45) is 1.95. The van der Waals surface area contributed by atoms with Crippen LogP contribution in [0, 0.1) is 0 Å². The zero-order valence-electron chi connectivity index (χ0n) is 16.1. The maximum absolute atomic E-state index is 12.7. The van der Waals surface area contributed by atoms with Crippen molar-refractivity contribution < 1.29 is 14.3 Å². The normalized spacial score (nSPS) is 14.3. The van der Waals surface area contributed by atoms with Gasteiger partial charge in [0.2, 0.25) is 5.91 Å². The van der Waals surface area contributed by atoms with Crippen LogP contribution in [0.3, 0.4) is 0 Å². The third kappa shape index (κ3) is 3.94. The lowest BCUT2D eigenvalue weighted by atomic mass is 9.98. The maximum atomic E-state index is 12.7. The Morgan fingerprint density at radius 1 is 1.22 bits per heavy atom. The molecule has 27 heavy (non-hydrogen) atoms. The number of ether oxygens (including phenoxy) is 2. The number of nitrogen functional groups attached to an aromatic ring is 1. The van der Waals surface area contributed by atoms with Crippen LogP contribution in [0.1, 0.15) is 24.5 Å². The molecule has 2 aromatic carbocycles. The smallest absolute Gasteiger partial charge is 0.242 e. The van der Waals surface area contributed by atoms with Gasteiger partial charge in [-0.25, -0.2) is 0 Å². The molecule has 2 aromatic rings. The molecule has 0 aliphatic carbocycles. The zero-order valence-corrected chi connectivity index (χ0v) is 16.1. The Morgan fingerprint density at radius 2 is 2.00 bits per heavy atom. The molecule has 0 saturated heterocycles. The number of hydrogen-bond acceptors (Lipinski definition) is 5. The Labute approximate surface area is 160 Å². The van der Waals surface area contributed by atoms with Crippen molar-refractivity contribution in [2.75, 3.05) is 31.4 Å². The Hall–Kier alpha value is -2.89. The second-order valence-electron chi connectivity index (χ2n) is 6.72. The van der Waals surface area contributed by atoms with Crippen LogP contribution in [0.25, 0.3) is 0 Å². The average molecular weight is 369 g/mol. The number of fused-ring (bicyclic) bond motifs is 1. The Morgan fingerprint density at radius 3 is 2.74 bits per heavy atom. The van der Waals surface area contributed by atoms with Crippen LogP contribution in [0.15, 0.2) is 36.4 Å². The number of methoxy groups -OCH3 is 2. The molecule has 1 unspecified atom stereocenters. The van der Waals surface area contributed by atoms with Crippen molar-refractivity contribution in [3.05, 3.63) is 47.5 Å². The Kier molecular flexibility index (Phi) is 5.74. The number of amides is 1. The number of carbonyl (C=O) groups excluding carboxylic acids is 1. The van der Waals surface area contributed by atoms with Gasteiger partial charge in [-0.2, -0.15) is 0 Å². The van der Waals surface area contributed by atoms with E-state index in [1.165, 1.54) is 0 Å². The first-order valence-corrected chi connectivity index (χ1v) is 9.17. The first-order chi connectivity index (χ1) is 13.0. The topological polar surface area (TPSA) is 76.8 Å². The number of nitrogens with one attached hydrogen (secondary N) is 1. The number of hydrogen-bond donors (Lipinski definition) is 2. The van der Waals surface area contributed by atoms with Crippen molar-refractivity contribution in [2.24, 2.45) is 0 Å². The minimum atomic E-state index is -0.272. The van der Waals surface area contributed by atoms with Gasteiger partial charge in [-0.15, -0.1) is 0 Å². The monoisotopic (exact) mass is 369 g/mol. The minimum absolute atomic E-state index is 0.0138. The first kappa shape index (κ1) is 18.9. The summed E-state index contributed by atoms with van der Waals surface area (Å²) in [5.41, 5.74) is 10.1. The molecule has 6 nitrogen and oxygen atoms in total. The molecular weight excluding hydrogens is 342 g/mol. The molecule has 0 aromatic heterocycles. The van der Waals surface area contributed by atoms with Gasteiger partial charge in [-0.3, -0.25) is 4.79 Å². The highest BCUT2D eigenvalue weighted by Crippen LogP contribution is 2.32. The number of carbonyl (C=O) groups is 1. The van der Waals surface area contributed by atoms with E-state index in [1.807, 2.05) is 43.3 Å². The molecule has 1 atom stereocenters. The summed E-state index contributed by atoms with van der Waals surface area (Å²) < 4.78 is 10.6. The molecule has 0 fully saturated rings. The van der Waals surface area contributed by atoms with Gasteiger partial charge >= 0.3 is 0 Å². The lowest BCUT2D eigenvalue weighted by Gasteiger charge is -2.36. The summed E-state index contributed by atoms with van der Waals surface area (Å²) in [5.74, 6) is 1.31. The predicted molar refractivity (Wildman–Crippen MR) is 107 cm³/mol. The van der Waals surface area contributed by atoms with E-state index >= 15 is 0 Å². The van der Waals surface area contributed by atoms with Crippen LogP contribution >= 0.6 is 0 Å². The lowest BCUT2D eigenvalue weighted by Crippen LogP contribution is -2.47. The van der Waals surface area contributed by atoms with Crippen LogP contribution in [-0.4, -0.2) is 32.7 Å². The van der Waals surface area contributed by atoms with Crippen LogP contribution in [-0.2, 0) is 17.8 Å². The number of nitrogens with two attached hydrogens (primary N) is 1. The molecule has 1 aliphatic rings. The molecule has 144 valence electrons. The van der Waals surface area contributed by atoms with Crippen LogP contribution in [0.5, 0.6) is 11.5 Å². The van der Waals surface area contributed by atoms with E-state index in [9.17, 15) is 4.79 Å². The fourth-order valence-electron chi connectivity index (χ4n) is 3.55. The molecule has 0 radical (unpaired) electrons. The molecule has 0 spiro atoms. The molecular formula is C21H27N3O3. The number of anilines is 2. The SMILES string of the molecule is COc1ccc(CNC(=O)C(C)N2CCCc3c(N)cccc32)cc1OC. The average Bonchev–Trinajstić information content (AvgIpc) is 2.71. The molecule has 1 amide bonds. The first-order valence-electron chi connectivity index (χ1n) is 9.17. The van der Waals surface area contributed by atoms with Crippen molar-refractivity contribution in [3.8, 4) is 11.5 Å². The quantitative estimate of drug-likeness (QED) is 0.766. The van der Waals surface area contributed by atoms with E-state index in [0.717, 1.165) is 41.9 Å². The van der Waals surface area contributed by atoms with E-state index < -0.39 is 0 Å². The minimum Gasteiger partial charge on any atom is -0.493 e. The highest BCUT2D eigenvalue weighted by molar-refractivity contribution is 5.86. The van der Waals surface area contributed by atoms with Gasteiger partial charge in [-0.1, -0.05) is 12.1 Å². The number of benzene rings is 2. The standard InChI is InChI=1S/C21H27N3O3/c1-14(24-11-5-6-16-17(22)7-4-8-18(16)24)21(25)23-13-15-9-10-19(26-2)20(12-15)27-3/h4,7-10,12,14H,5-6,11,13,22H2,1-3H3,(H,23,25). The van der Waals surface area contributed by atoms with E-state index in [2.05, 4.69) is 10.2 Å². The van der Waals surface area contributed by atoms with E-state index in [0.29, 0.717) is 18.0 Å². The third-order valence-corrected chi connectivity index (χ3v) is 5.08. The second kappa shape index (κ2) is 8.20. The molecule has 1 aliphatic heterocycles. The molecule has 0 bridgehead atoms. The summed E-state index contributed by atoms with van der Waals surface area (Å²) in [5, 5.41) is 3.02. The predicted octanol–water partition coefficient (Wildman–Crippen LogP) is 2.74. The van der Waals surface area contributed by atoms with Gasteiger partial charge in [-0.05, 0) is 55.2 Å². The molecule has 1 heterocycles. The summed E-state index contributed by atoms with van der Waals surface area (Å²) in [6, 6.07) is 11.3. The van der Waals surface area contributed by atoms with E-state index in [4.69, 9.17) is 15.2 Å². The van der Waals surface area contributed by atoms with Gasteiger partial charge in [0.15, 0.2) is 11.5 Å². The van der Waals surface area contributed by atoms with Crippen LogP contribution in [0.4, 0.5) is 11.4 Å². The zero-order chi connectivity index (χ0) is 19.4. The lowest BCUT2D eigenvalue weighted by molar-refractivity contribution is -0.122. The number of nitrogens with zero attached hydrogens (tertiary/aromatic N) is 1. The van der Waals surface area contributed by atoms with E-state index in [-0.39, 0.29) is 11.9 Å². The summed E-state index contributed by atoms with van der Waals surface area (Å²) in [7, 11) is 3.20. The van der Waals surface area contributed by atoms with Gasteiger partial charge in [0.1, 0.15) is 6.04 Å². The molecule has 6 heteroatoms. The van der Waals surface area contributed by atoms with Crippen molar-refractivity contribution >= 4 is 17.3 Å². The van der Waals surface area contributed by atoms with Crippen LogP contribution in [0.2, 0.25) is 0 Å². The Balaban J connectivity index is 1.68. The third-order valence-electron chi connectivity index (χ3n) is 5.08. The van der Waals surface area contributed by atoms with E-state index in [1.54, 1.807) is 14.2 Å². The van der Waals surface area contributed by atoms with Gasteiger partial charge < -0.3 is 25.4 Å². The summed E-state index contributed by atoms with van der Waals surface area (Å²) >= 11 is 0. The van der Waals surface area contributed by atoms with Gasteiger partial charge in [0.05, 0.1) is 14.2 Å². The molecule has 3 N–H and O–H groups in total. The largest absolute Gasteiger partial charge is 0.493 e. The molecule has 3 rings (SSSR count). The number of rotatable bonds is 6. The Bertz CT molecular complexity index is 822. The maximum Gasteiger partial charge on any atom is 0.242 e. The van der Waals surface area contributed by atoms with Crippen LogP contribution < -0.4 is 25.4 Å². The fourth-order valence-corrected chi connectivity index (χ4v) is 3.55. The summed E-state index contributed by atoms with van der Waals surface area (Å²) in [4.78, 5) is 14.9. The molecule has 0 saturated carbocycles.